The number of anilines is 2. The molecule has 3 aromatic carbocycles. The molecule has 7 aliphatic carbocycles. The summed E-state index contributed by atoms with van der Waals surface area (Å²) in [4.78, 5) is 121. The summed E-state index contributed by atoms with van der Waals surface area (Å²) in [6.45, 7) is 8.09. The van der Waals surface area contributed by atoms with Crippen LogP contribution in [-0.2, 0) is 79.7 Å². The van der Waals surface area contributed by atoms with Gasteiger partial charge in [-0.2, -0.15) is 0 Å². The molecule has 24 heteroatoms. The Kier molecular flexibility index (Phi) is 16.5. The maximum absolute atomic E-state index is 14.7. The van der Waals surface area contributed by atoms with Crippen molar-refractivity contribution in [2.75, 3.05) is 136 Å². The fourth-order valence-electron chi connectivity index (χ4n) is 17.0. The molecule has 9 aliphatic rings. The first-order valence-corrected chi connectivity index (χ1v) is 30.2. The number of amides is 8. The number of hydrogen-bond acceptors (Lipinski definition) is 17. The van der Waals surface area contributed by atoms with E-state index in [0.717, 1.165) is 26.9 Å². The maximum Gasteiger partial charge on any atom is 0.415 e. The van der Waals surface area contributed by atoms with E-state index in [0.29, 0.717) is 125 Å². The highest BCUT2D eigenvalue weighted by Gasteiger charge is 3.32. The van der Waals surface area contributed by atoms with E-state index in [1.165, 1.54) is 28.2 Å². The number of imide groups is 1. The minimum absolute atomic E-state index is 0.0150. The summed E-state index contributed by atoms with van der Waals surface area (Å²) in [6.07, 6.45) is 3.24. The van der Waals surface area contributed by atoms with Crippen molar-refractivity contribution in [2.24, 2.45) is 63.1 Å². The van der Waals surface area contributed by atoms with Crippen molar-refractivity contribution < 1.29 is 81.0 Å². The molecule has 3 N–H and O–H groups in total. The number of nitrogens with one attached hydrogen (secondary N) is 3. The molecular formula is C63H75N7O17. The Morgan fingerprint density at radius 3 is 1.89 bits per heavy atom. The highest BCUT2D eigenvalue weighted by Crippen LogP contribution is 3.31. The fraction of sp³-hybridized carbons (Fsp3) is 0.571. The van der Waals surface area contributed by atoms with Gasteiger partial charge in [-0.25, -0.2) is 9.59 Å². The molecule has 0 radical (unpaired) electrons. The summed E-state index contributed by atoms with van der Waals surface area (Å²) in [5, 5.41) is 9.76. The SMILES string of the molecule is CC(C)C(NC(=O)CCOCCOCCOCCOCCOCCOCCN1C(=O)C=CC1=O)C(=O)NCC(=O)Nc1ccc(COC(=O)N(C)CCN(C)C(=O)Oc2cc3c(c4ccccc24)CCN3C(=O)C23C4C5C6(C=O)C7C2C32C7C56C42)cc1. The molecule has 11 unspecified atom stereocenters. The van der Waals surface area contributed by atoms with E-state index < -0.39 is 30.0 Å². The van der Waals surface area contributed by atoms with Crippen LogP contribution >= 0.6 is 0 Å². The molecule has 24 nitrogen and oxygen atoms in total. The number of likely N-dealkylation sites (N-methyl/N-ethyl adjacent to an activating group) is 2. The molecule has 2 aliphatic heterocycles. The molecule has 0 saturated heterocycles. The molecule has 0 bridgehead atoms. The zero-order valence-electron chi connectivity index (χ0n) is 49.4. The summed E-state index contributed by atoms with van der Waals surface area (Å²) in [6, 6.07) is 15.4. The molecule has 0 aromatic heterocycles. The average molecular weight is 1200 g/mol. The third-order valence-corrected chi connectivity index (χ3v) is 20.2. The van der Waals surface area contributed by atoms with E-state index in [2.05, 4.69) is 16.0 Å². The van der Waals surface area contributed by atoms with Gasteiger partial charge in [0.15, 0.2) is 0 Å². The zero-order chi connectivity index (χ0) is 61.0. The zero-order valence-corrected chi connectivity index (χ0v) is 49.4. The molecule has 2 spiro atoms. The van der Waals surface area contributed by atoms with Gasteiger partial charge < -0.3 is 73.3 Å². The Morgan fingerprint density at radius 2 is 1.28 bits per heavy atom. The third-order valence-electron chi connectivity index (χ3n) is 20.2. The predicted molar refractivity (Wildman–Crippen MR) is 308 cm³/mol. The van der Waals surface area contributed by atoms with E-state index in [9.17, 15) is 43.2 Å². The molecule has 7 fully saturated rings. The van der Waals surface area contributed by atoms with Gasteiger partial charge in [0.2, 0.25) is 23.6 Å². The first kappa shape index (κ1) is 60.0. The second-order valence-corrected chi connectivity index (χ2v) is 24.5. The lowest BCUT2D eigenvalue weighted by Crippen LogP contribution is -2.83. The topological polar surface area (TPSA) is 277 Å². The van der Waals surface area contributed by atoms with Gasteiger partial charge in [0.05, 0.1) is 103 Å². The van der Waals surface area contributed by atoms with Gasteiger partial charge in [-0.05, 0) is 87.3 Å². The van der Waals surface area contributed by atoms with Crippen LogP contribution in [0.1, 0.15) is 31.4 Å². The van der Waals surface area contributed by atoms with Crippen LogP contribution in [0.2, 0.25) is 0 Å². The highest BCUT2D eigenvalue weighted by atomic mass is 16.6. The molecule has 464 valence electrons. The van der Waals surface area contributed by atoms with Crippen molar-refractivity contribution >= 4 is 76.1 Å². The van der Waals surface area contributed by atoms with Gasteiger partial charge in [-0.1, -0.05) is 50.2 Å². The Bertz CT molecular complexity index is 3250. The number of nitrogens with zero attached hydrogens (tertiary/aromatic N) is 4. The number of carbonyl (C=O) groups excluding carboxylic acids is 9. The number of fused-ring (bicyclic) bond motifs is 9. The van der Waals surface area contributed by atoms with Gasteiger partial charge in [0.1, 0.15) is 24.7 Å². The summed E-state index contributed by atoms with van der Waals surface area (Å²) in [5.74, 6) is 0.985. The van der Waals surface area contributed by atoms with E-state index >= 15 is 0 Å². The predicted octanol–water partition coefficient (Wildman–Crippen LogP) is 2.98. The number of benzene rings is 3. The van der Waals surface area contributed by atoms with Gasteiger partial charge in [0.25, 0.3) is 11.8 Å². The largest absolute Gasteiger partial charge is 0.445 e. The monoisotopic (exact) mass is 1200 g/mol. The minimum Gasteiger partial charge on any atom is -0.445 e. The van der Waals surface area contributed by atoms with Gasteiger partial charge in [-0.15, -0.1) is 0 Å². The average Bonchev–Trinajstić information content (AvgIpc) is 1.29. The molecule has 11 atom stereocenters. The van der Waals surface area contributed by atoms with Crippen molar-refractivity contribution in [1.82, 2.24) is 25.3 Å². The van der Waals surface area contributed by atoms with Crippen molar-refractivity contribution in [2.45, 2.75) is 39.3 Å². The lowest BCUT2D eigenvalue weighted by atomic mass is 9.20. The van der Waals surface area contributed by atoms with Crippen molar-refractivity contribution in [3.05, 3.63) is 77.9 Å². The van der Waals surface area contributed by atoms with Gasteiger partial charge >= 0.3 is 12.2 Å². The van der Waals surface area contributed by atoms with Crippen LogP contribution in [-0.4, -0.2) is 201 Å². The minimum atomic E-state index is -0.887. The van der Waals surface area contributed by atoms with Gasteiger partial charge in [-0.3, -0.25) is 33.7 Å². The molecule has 87 heavy (non-hydrogen) atoms. The Morgan fingerprint density at radius 1 is 0.690 bits per heavy atom. The highest BCUT2D eigenvalue weighted by molar-refractivity contribution is 6.13. The van der Waals surface area contributed by atoms with Crippen LogP contribution in [0.15, 0.2) is 66.7 Å². The molecular weight excluding hydrogens is 1130 g/mol. The molecule has 8 amide bonds. The van der Waals surface area contributed by atoms with Crippen LogP contribution in [0, 0.1) is 63.1 Å². The Hall–Kier alpha value is -7.35. The summed E-state index contributed by atoms with van der Waals surface area (Å²) in [7, 11) is 3.16. The van der Waals surface area contributed by atoms with E-state index in [4.69, 9.17) is 37.9 Å². The van der Waals surface area contributed by atoms with Crippen LogP contribution in [0.3, 0.4) is 0 Å². The molecule has 2 heterocycles. The number of ether oxygens (including phenoxy) is 8. The second-order valence-electron chi connectivity index (χ2n) is 24.5. The first-order valence-electron chi connectivity index (χ1n) is 30.2. The van der Waals surface area contributed by atoms with E-state index in [1.807, 2.05) is 35.2 Å². The second kappa shape index (κ2) is 24.0. The Labute approximate surface area is 503 Å². The third kappa shape index (κ3) is 9.49. The van der Waals surface area contributed by atoms with Crippen molar-refractivity contribution in [3.8, 4) is 5.75 Å². The van der Waals surface area contributed by atoms with E-state index in [-0.39, 0.29) is 110 Å². The van der Waals surface area contributed by atoms with Crippen molar-refractivity contribution in [3.63, 3.8) is 0 Å². The number of rotatable bonds is 35. The number of carbonyl (C=O) groups is 9. The van der Waals surface area contributed by atoms with E-state index in [1.54, 1.807) is 52.2 Å². The molecule has 3 aromatic rings. The molecule has 7 saturated carbocycles. The standard InChI is InChI=1S/C63H75N7O17/c1-37(2)51(66-45(72)16-21-80-23-25-82-27-29-84-31-32-85-30-28-83-26-24-81-22-20-70-47(74)13-14-48(70)75)56(76)64-34-46(73)65-39-11-9-38(10-12-39)35-86-58(78)67(3)18-19-68(4)59(79)87-44-33-43-41(40-7-5-6-8-42(40)44)15-17-69(43)57(77)61-50-52-60(36-71)49-53(61)63(61)54(49)62(52,60)55(50)63/h5-14,33,36-37,49-55H,15-32,34-35H2,1-4H3,(H,64,76)(H,65,73)(H,66,72). The van der Waals surface area contributed by atoms with Crippen LogP contribution in [0.4, 0.5) is 21.0 Å². The van der Waals surface area contributed by atoms with Gasteiger partial charge in [0, 0.05) is 74.9 Å². The normalized spacial score (nSPS) is 27.9. The summed E-state index contributed by atoms with van der Waals surface area (Å²) in [5.41, 5.74) is 3.03. The summed E-state index contributed by atoms with van der Waals surface area (Å²) < 4.78 is 44.4. The maximum atomic E-state index is 14.7. The van der Waals surface area contributed by atoms with Crippen molar-refractivity contribution in [1.29, 1.82) is 0 Å². The lowest BCUT2D eigenvalue weighted by molar-refractivity contribution is -0.370. The summed E-state index contributed by atoms with van der Waals surface area (Å²) >= 11 is 0. The fourth-order valence-corrected chi connectivity index (χ4v) is 17.0. The lowest BCUT2D eigenvalue weighted by Gasteiger charge is -2.82. The first-order chi connectivity index (χ1) is 42.1. The molecule has 12 rings (SSSR count). The van der Waals surface area contributed by atoms with Crippen LogP contribution in [0.25, 0.3) is 10.8 Å². The number of hydrogen-bond donors (Lipinski definition) is 3. The van der Waals surface area contributed by atoms with Crippen LogP contribution < -0.4 is 25.6 Å². The Balaban J connectivity index is 0.483. The number of aldehydes is 1. The quantitative estimate of drug-likeness (QED) is 0.0434. The van der Waals surface area contributed by atoms with Crippen LogP contribution in [0.5, 0.6) is 5.75 Å². The smallest absolute Gasteiger partial charge is 0.415 e.